The number of hydrogen-bond acceptors (Lipinski definition) is 5. The Morgan fingerprint density at radius 3 is 2.67 bits per heavy atom. The zero-order chi connectivity index (χ0) is 19.4. The van der Waals surface area contributed by atoms with Gasteiger partial charge in [0.25, 0.3) is 0 Å². The summed E-state index contributed by atoms with van der Waals surface area (Å²) in [7, 11) is 0.0756. The maximum absolute atomic E-state index is 11.4. The number of likely N-dealkylation sites (N-methyl/N-ethyl adjacent to an activating group) is 1. The molecule has 156 valence electrons. The molecule has 0 aromatic heterocycles. The number of nitrogens with one attached hydrogen (secondary N) is 2. The second-order valence-electron chi connectivity index (χ2n) is 5.96. The van der Waals surface area contributed by atoms with Gasteiger partial charge < -0.3 is 20.3 Å². The van der Waals surface area contributed by atoms with Crippen LogP contribution in [0.5, 0.6) is 0 Å². The number of primary sulfonamides is 1. The Balaban J connectivity index is 0.00000676. The summed E-state index contributed by atoms with van der Waals surface area (Å²) in [5.74, 6) is 0.693. The van der Waals surface area contributed by atoms with Crippen LogP contribution in [0.3, 0.4) is 0 Å². The van der Waals surface area contributed by atoms with Crippen molar-refractivity contribution in [2.45, 2.75) is 24.8 Å². The van der Waals surface area contributed by atoms with Gasteiger partial charge in [-0.3, -0.25) is 0 Å². The minimum absolute atomic E-state index is 0. The van der Waals surface area contributed by atoms with Crippen molar-refractivity contribution in [3.63, 3.8) is 0 Å². The monoisotopic (exact) mass is 513 g/mol. The Bertz CT molecular complexity index is 670. The number of rotatable bonds is 11. The summed E-state index contributed by atoms with van der Waals surface area (Å²) in [6.07, 6.45) is 1.00. The SMILES string of the molecule is CCNC(=NCc1cccc(S(N)(=O)=O)c1)NCCN(C)CCCOC.I. The summed E-state index contributed by atoms with van der Waals surface area (Å²) in [6, 6.07) is 6.52. The normalized spacial score (nSPS) is 12.0. The van der Waals surface area contributed by atoms with Crippen molar-refractivity contribution in [2.75, 3.05) is 46.9 Å². The lowest BCUT2D eigenvalue weighted by Crippen LogP contribution is -2.41. The van der Waals surface area contributed by atoms with Crippen molar-refractivity contribution in [1.82, 2.24) is 15.5 Å². The van der Waals surface area contributed by atoms with E-state index in [1.807, 2.05) is 13.0 Å². The van der Waals surface area contributed by atoms with Gasteiger partial charge in [-0.15, -0.1) is 24.0 Å². The van der Waals surface area contributed by atoms with E-state index >= 15 is 0 Å². The van der Waals surface area contributed by atoms with E-state index < -0.39 is 10.0 Å². The molecular weight excluding hydrogens is 481 g/mol. The molecular formula is C17H32IN5O3S. The van der Waals surface area contributed by atoms with E-state index in [0.29, 0.717) is 12.5 Å². The van der Waals surface area contributed by atoms with Crippen LogP contribution in [0.4, 0.5) is 0 Å². The quantitative estimate of drug-likeness (QED) is 0.176. The summed E-state index contributed by atoms with van der Waals surface area (Å²) >= 11 is 0. The van der Waals surface area contributed by atoms with Crippen LogP contribution in [0, 0.1) is 0 Å². The predicted octanol–water partition coefficient (Wildman–Crippen LogP) is 0.975. The molecule has 1 aromatic carbocycles. The van der Waals surface area contributed by atoms with Crippen LogP contribution in [-0.4, -0.2) is 66.2 Å². The molecule has 0 radical (unpaired) electrons. The number of ether oxygens (including phenoxy) is 1. The van der Waals surface area contributed by atoms with Gasteiger partial charge >= 0.3 is 0 Å². The van der Waals surface area contributed by atoms with Crippen molar-refractivity contribution in [3.8, 4) is 0 Å². The third-order valence-electron chi connectivity index (χ3n) is 3.67. The number of methoxy groups -OCH3 is 1. The molecule has 0 aliphatic carbocycles. The Kier molecular flexibility index (Phi) is 13.6. The minimum Gasteiger partial charge on any atom is -0.385 e. The van der Waals surface area contributed by atoms with Crippen molar-refractivity contribution < 1.29 is 13.2 Å². The van der Waals surface area contributed by atoms with Crippen LogP contribution in [0.1, 0.15) is 18.9 Å². The molecule has 0 heterocycles. The maximum atomic E-state index is 11.4. The first kappa shape index (κ1) is 26.1. The number of hydrogen-bond donors (Lipinski definition) is 3. The summed E-state index contributed by atoms with van der Waals surface area (Å²) in [4.78, 5) is 6.82. The van der Waals surface area contributed by atoms with Gasteiger partial charge in [-0.25, -0.2) is 18.5 Å². The fourth-order valence-corrected chi connectivity index (χ4v) is 2.87. The van der Waals surface area contributed by atoms with Gasteiger partial charge in [0.1, 0.15) is 0 Å². The summed E-state index contributed by atoms with van der Waals surface area (Å²) in [5.41, 5.74) is 0.783. The van der Waals surface area contributed by atoms with E-state index in [1.165, 1.54) is 6.07 Å². The lowest BCUT2D eigenvalue weighted by molar-refractivity contribution is 0.180. The van der Waals surface area contributed by atoms with Crippen LogP contribution in [0.25, 0.3) is 0 Å². The first-order valence-electron chi connectivity index (χ1n) is 8.68. The minimum atomic E-state index is -3.70. The highest BCUT2D eigenvalue weighted by Gasteiger charge is 2.08. The van der Waals surface area contributed by atoms with Gasteiger partial charge in [-0.1, -0.05) is 12.1 Å². The van der Waals surface area contributed by atoms with Crippen LogP contribution in [-0.2, 0) is 21.3 Å². The molecule has 0 aliphatic rings. The standard InChI is InChI=1S/C17H31N5O3S.HI/c1-4-19-17(20-9-11-22(2)10-6-12-25-3)21-14-15-7-5-8-16(13-15)26(18,23)24;/h5,7-8,13H,4,6,9-12,14H2,1-3H3,(H2,18,23,24)(H2,19,20,21);1H. The molecule has 27 heavy (non-hydrogen) atoms. The Labute approximate surface area is 180 Å². The van der Waals surface area contributed by atoms with E-state index in [-0.39, 0.29) is 28.9 Å². The molecule has 1 rings (SSSR count). The summed E-state index contributed by atoms with van der Waals surface area (Å²) in [5, 5.41) is 11.6. The van der Waals surface area contributed by atoms with E-state index in [9.17, 15) is 8.42 Å². The second kappa shape index (κ2) is 14.1. The van der Waals surface area contributed by atoms with Crippen LogP contribution in [0.15, 0.2) is 34.2 Å². The van der Waals surface area contributed by atoms with Gasteiger partial charge in [-0.2, -0.15) is 0 Å². The fourth-order valence-electron chi connectivity index (χ4n) is 2.29. The van der Waals surface area contributed by atoms with Crippen LogP contribution >= 0.6 is 24.0 Å². The lowest BCUT2D eigenvalue weighted by atomic mass is 10.2. The maximum Gasteiger partial charge on any atom is 0.238 e. The first-order chi connectivity index (χ1) is 12.4. The number of halogens is 1. The van der Waals surface area contributed by atoms with Crippen molar-refractivity contribution >= 4 is 40.0 Å². The molecule has 0 aliphatic heterocycles. The highest BCUT2D eigenvalue weighted by atomic mass is 127. The van der Waals surface area contributed by atoms with Crippen LogP contribution < -0.4 is 15.8 Å². The van der Waals surface area contributed by atoms with Gasteiger partial charge in [0.05, 0.1) is 11.4 Å². The molecule has 0 saturated carbocycles. The highest BCUT2D eigenvalue weighted by Crippen LogP contribution is 2.10. The molecule has 8 nitrogen and oxygen atoms in total. The Morgan fingerprint density at radius 1 is 1.30 bits per heavy atom. The average Bonchev–Trinajstić information content (AvgIpc) is 2.59. The van der Waals surface area contributed by atoms with Crippen molar-refractivity contribution in [2.24, 2.45) is 10.1 Å². The smallest absolute Gasteiger partial charge is 0.238 e. The van der Waals surface area contributed by atoms with E-state index in [2.05, 4.69) is 27.6 Å². The molecule has 0 amide bonds. The number of aliphatic imine (C=N–C) groups is 1. The van der Waals surface area contributed by atoms with Gasteiger partial charge in [0.2, 0.25) is 10.0 Å². The van der Waals surface area contributed by atoms with Gasteiger partial charge in [0.15, 0.2) is 5.96 Å². The van der Waals surface area contributed by atoms with Crippen LogP contribution in [0.2, 0.25) is 0 Å². The fraction of sp³-hybridized carbons (Fsp3) is 0.588. The third kappa shape index (κ3) is 11.5. The molecule has 0 spiro atoms. The van der Waals surface area contributed by atoms with Crippen molar-refractivity contribution in [3.05, 3.63) is 29.8 Å². The third-order valence-corrected chi connectivity index (χ3v) is 4.58. The lowest BCUT2D eigenvalue weighted by Gasteiger charge is -2.18. The number of guanidine groups is 1. The molecule has 4 N–H and O–H groups in total. The largest absolute Gasteiger partial charge is 0.385 e. The molecule has 0 bridgehead atoms. The number of sulfonamides is 1. The zero-order valence-corrected chi connectivity index (χ0v) is 19.4. The summed E-state index contributed by atoms with van der Waals surface area (Å²) in [6.45, 7) is 6.48. The van der Waals surface area contributed by atoms with E-state index in [4.69, 9.17) is 9.88 Å². The van der Waals surface area contributed by atoms with Gasteiger partial charge in [0, 0.05) is 39.9 Å². The van der Waals surface area contributed by atoms with E-state index in [0.717, 1.165) is 44.8 Å². The second-order valence-corrected chi connectivity index (χ2v) is 7.53. The topological polar surface area (TPSA) is 109 Å². The molecule has 0 saturated heterocycles. The molecule has 0 unspecified atom stereocenters. The molecule has 0 fully saturated rings. The molecule has 1 aromatic rings. The first-order valence-corrected chi connectivity index (χ1v) is 10.2. The Hall–Kier alpha value is -0.950. The molecule has 0 atom stereocenters. The summed E-state index contributed by atoms with van der Waals surface area (Å²) < 4.78 is 27.9. The number of benzene rings is 1. The van der Waals surface area contributed by atoms with E-state index in [1.54, 1.807) is 19.2 Å². The predicted molar refractivity (Wildman–Crippen MR) is 120 cm³/mol. The number of nitrogens with zero attached hydrogens (tertiary/aromatic N) is 2. The zero-order valence-electron chi connectivity index (χ0n) is 16.3. The molecule has 10 heteroatoms. The average molecular weight is 513 g/mol. The Morgan fingerprint density at radius 2 is 2.04 bits per heavy atom. The highest BCUT2D eigenvalue weighted by molar-refractivity contribution is 14.0. The van der Waals surface area contributed by atoms with Crippen molar-refractivity contribution in [1.29, 1.82) is 0 Å². The van der Waals surface area contributed by atoms with Gasteiger partial charge in [-0.05, 0) is 38.1 Å². The number of nitrogens with two attached hydrogens (primary N) is 1.